The molecule has 4 N–H and O–H groups in total. The van der Waals surface area contributed by atoms with E-state index >= 15 is 0 Å². The Morgan fingerprint density at radius 2 is 1.24 bits per heavy atom. The molecule has 2 aliphatic carbocycles. The van der Waals surface area contributed by atoms with Crippen molar-refractivity contribution in [1.82, 2.24) is 10.2 Å². The van der Waals surface area contributed by atoms with Gasteiger partial charge < -0.3 is 20.6 Å². The average Bonchev–Trinajstić information content (AvgIpc) is 3.12. The van der Waals surface area contributed by atoms with Crippen LogP contribution in [0.2, 0.25) is 0 Å². The Morgan fingerprint density at radius 3 is 1.67 bits per heavy atom. The lowest BCUT2D eigenvalue weighted by atomic mass is 9.80. The van der Waals surface area contributed by atoms with E-state index in [1.54, 1.807) is 0 Å². The Morgan fingerprint density at radius 1 is 0.758 bits per heavy atom. The molecule has 1 heterocycles. The minimum Gasteiger partial charge on any atom is -0.480 e. The summed E-state index contributed by atoms with van der Waals surface area (Å²) in [7, 11) is 0. The van der Waals surface area contributed by atoms with Crippen molar-refractivity contribution in [2.45, 2.75) is 75.3 Å². The molecule has 2 fully saturated rings. The van der Waals surface area contributed by atoms with Gasteiger partial charge in [-0.2, -0.15) is 0 Å². The van der Waals surface area contributed by atoms with Gasteiger partial charge in [0, 0.05) is 24.3 Å². The van der Waals surface area contributed by atoms with Gasteiger partial charge in [-0.3, -0.25) is 19.3 Å². The van der Waals surface area contributed by atoms with Crippen LogP contribution in [0.4, 0.5) is 0 Å². The lowest BCUT2D eigenvalue weighted by Gasteiger charge is -2.39. The Hall–Kier alpha value is -3.50. The maximum absolute atomic E-state index is 11.5. The number of nitrogens with zero attached hydrogens (tertiary/aromatic N) is 1. The smallest absolute Gasteiger partial charge is 0.330 e. The normalized spacial score (nSPS) is 21.3. The number of carboxylic acids is 3. The number of hydrogen-bond acceptors (Lipinski definition) is 6. The second-order valence-electron chi connectivity index (χ2n) is 8.35. The van der Waals surface area contributed by atoms with Gasteiger partial charge in [0.2, 0.25) is 5.91 Å². The number of rotatable bonds is 6. The molecule has 0 aromatic heterocycles. The monoisotopic (exact) mass is 464 g/mol. The molecule has 0 unspecified atom stereocenters. The number of amides is 3. The average molecular weight is 464 g/mol. The minimum atomic E-state index is -1.31. The molecule has 0 bridgehead atoms. The predicted octanol–water partition coefficient (Wildman–Crippen LogP) is 1.23. The highest BCUT2D eigenvalue weighted by molar-refractivity contribution is 6.15. The fourth-order valence-corrected chi connectivity index (χ4v) is 4.46. The molecule has 2 saturated carbocycles. The van der Waals surface area contributed by atoms with Crippen LogP contribution in [0.3, 0.4) is 0 Å². The van der Waals surface area contributed by atoms with Crippen molar-refractivity contribution in [2.75, 3.05) is 0 Å². The predicted molar refractivity (Wildman–Crippen MR) is 113 cm³/mol. The molecule has 3 rings (SSSR count). The topological polar surface area (TPSA) is 178 Å². The van der Waals surface area contributed by atoms with Crippen molar-refractivity contribution in [3.8, 4) is 0 Å². The molecule has 0 saturated heterocycles. The number of carbonyl (C=O) groups excluding carboxylic acids is 3. The number of nitrogens with one attached hydrogen (secondary N) is 1. The Kier molecular flexibility index (Phi) is 8.50. The zero-order chi connectivity index (χ0) is 24.6. The standard InChI is InChI=1S/C11H15NO5.C11H13NO4/c13-8(4-5-9(14)15)12-11(10(16)17)6-2-1-3-7-11;13-8-4-5-9(14)12(8)11(10(15)16)6-2-1-3-7-11/h4-5H,1-3,6-7H2,(H,12,13)(H,14,15)(H,16,17);4-5H,1-3,6-7H2,(H,15,16)/b5-4-;. The van der Waals surface area contributed by atoms with Gasteiger partial charge in [0.15, 0.2) is 0 Å². The van der Waals surface area contributed by atoms with Crippen molar-refractivity contribution >= 4 is 35.6 Å². The van der Waals surface area contributed by atoms with E-state index in [4.69, 9.17) is 10.2 Å². The van der Waals surface area contributed by atoms with Gasteiger partial charge >= 0.3 is 17.9 Å². The highest BCUT2D eigenvalue weighted by atomic mass is 16.4. The van der Waals surface area contributed by atoms with Gasteiger partial charge in [-0.05, 0) is 25.7 Å². The summed E-state index contributed by atoms with van der Waals surface area (Å²) >= 11 is 0. The van der Waals surface area contributed by atoms with Crippen LogP contribution >= 0.6 is 0 Å². The summed E-state index contributed by atoms with van der Waals surface area (Å²) in [5, 5.41) is 29.2. The Labute approximate surface area is 190 Å². The van der Waals surface area contributed by atoms with Crippen LogP contribution in [-0.2, 0) is 28.8 Å². The van der Waals surface area contributed by atoms with Crippen molar-refractivity contribution in [3.05, 3.63) is 24.3 Å². The molecule has 3 amide bonds. The zero-order valence-corrected chi connectivity index (χ0v) is 18.1. The van der Waals surface area contributed by atoms with Crippen LogP contribution in [-0.4, -0.2) is 66.9 Å². The molecule has 0 atom stereocenters. The van der Waals surface area contributed by atoms with Crippen LogP contribution < -0.4 is 5.32 Å². The first-order valence-corrected chi connectivity index (χ1v) is 10.8. The molecule has 0 spiro atoms. The fourth-order valence-electron chi connectivity index (χ4n) is 4.46. The van der Waals surface area contributed by atoms with Crippen LogP contribution in [0.1, 0.15) is 64.2 Å². The second-order valence-corrected chi connectivity index (χ2v) is 8.35. The van der Waals surface area contributed by atoms with Crippen molar-refractivity contribution < 1.29 is 44.1 Å². The van der Waals surface area contributed by atoms with Gasteiger partial charge in [-0.25, -0.2) is 14.4 Å². The van der Waals surface area contributed by atoms with Crippen LogP contribution in [0, 0.1) is 0 Å². The van der Waals surface area contributed by atoms with Gasteiger partial charge in [-0.15, -0.1) is 0 Å². The molecule has 0 radical (unpaired) electrons. The summed E-state index contributed by atoms with van der Waals surface area (Å²) in [4.78, 5) is 68.2. The van der Waals surface area contributed by atoms with E-state index in [0.717, 1.165) is 61.7 Å². The summed E-state index contributed by atoms with van der Waals surface area (Å²) in [6.45, 7) is 0. The largest absolute Gasteiger partial charge is 0.480 e. The molecule has 1 aliphatic heterocycles. The molecular formula is C22H28N2O9. The third-order valence-electron chi connectivity index (χ3n) is 6.17. The summed E-state index contributed by atoms with van der Waals surface area (Å²) in [5.41, 5.74) is -2.55. The first-order chi connectivity index (χ1) is 15.5. The lowest BCUT2D eigenvalue weighted by Crippen LogP contribution is -2.58. The maximum atomic E-state index is 11.5. The molecule has 11 heteroatoms. The second kappa shape index (κ2) is 10.9. The maximum Gasteiger partial charge on any atom is 0.330 e. The number of imide groups is 1. The number of aliphatic carboxylic acids is 3. The summed E-state index contributed by atoms with van der Waals surface area (Å²) < 4.78 is 0. The first kappa shape index (κ1) is 25.8. The van der Waals surface area contributed by atoms with E-state index < -0.39 is 46.7 Å². The van der Waals surface area contributed by atoms with Gasteiger partial charge in [-0.1, -0.05) is 38.5 Å². The molecule has 0 aromatic carbocycles. The number of carboxylic acid groups (broad SMARTS) is 3. The molecular weight excluding hydrogens is 436 g/mol. The van der Waals surface area contributed by atoms with Crippen molar-refractivity contribution in [1.29, 1.82) is 0 Å². The summed E-state index contributed by atoms with van der Waals surface area (Å²) in [5.74, 6) is -5.07. The van der Waals surface area contributed by atoms with E-state index in [0.29, 0.717) is 31.8 Å². The molecule has 11 nitrogen and oxygen atoms in total. The van der Waals surface area contributed by atoms with E-state index in [2.05, 4.69) is 5.32 Å². The van der Waals surface area contributed by atoms with Crippen LogP contribution in [0.15, 0.2) is 24.3 Å². The SMILES string of the molecule is O=C(O)/C=C\C(=O)NC1(C(=O)O)CCCCC1.O=C1C=CC(=O)N1C1(C(=O)O)CCCCC1. The van der Waals surface area contributed by atoms with Gasteiger partial charge in [0.1, 0.15) is 11.1 Å². The van der Waals surface area contributed by atoms with Crippen molar-refractivity contribution in [3.63, 3.8) is 0 Å². The fraction of sp³-hybridized carbons (Fsp3) is 0.545. The molecule has 180 valence electrons. The van der Waals surface area contributed by atoms with E-state index in [1.807, 2.05) is 0 Å². The van der Waals surface area contributed by atoms with E-state index in [-0.39, 0.29) is 0 Å². The highest BCUT2D eigenvalue weighted by Gasteiger charge is 2.50. The Balaban J connectivity index is 0.000000234. The van der Waals surface area contributed by atoms with E-state index in [9.17, 15) is 33.9 Å². The minimum absolute atomic E-state index is 0.363. The first-order valence-electron chi connectivity index (χ1n) is 10.8. The summed E-state index contributed by atoms with van der Waals surface area (Å²) in [6, 6.07) is 0. The van der Waals surface area contributed by atoms with E-state index in [1.165, 1.54) is 0 Å². The zero-order valence-electron chi connectivity index (χ0n) is 18.1. The van der Waals surface area contributed by atoms with Gasteiger partial charge in [0.25, 0.3) is 11.8 Å². The van der Waals surface area contributed by atoms with Crippen molar-refractivity contribution in [2.24, 2.45) is 0 Å². The van der Waals surface area contributed by atoms with Gasteiger partial charge in [0.05, 0.1) is 0 Å². The van der Waals surface area contributed by atoms with Crippen LogP contribution in [0.25, 0.3) is 0 Å². The Bertz CT molecular complexity index is 860. The molecule has 0 aromatic rings. The molecule has 3 aliphatic rings. The molecule has 33 heavy (non-hydrogen) atoms. The summed E-state index contributed by atoms with van der Waals surface area (Å²) in [6.07, 6.45) is 10.2. The number of carbonyl (C=O) groups is 6. The lowest BCUT2D eigenvalue weighted by molar-refractivity contribution is -0.164. The van der Waals surface area contributed by atoms with Crippen LogP contribution in [0.5, 0.6) is 0 Å². The quantitative estimate of drug-likeness (QED) is 0.332. The highest BCUT2D eigenvalue weighted by Crippen LogP contribution is 2.36. The third kappa shape index (κ3) is 6.05. The number of hydrogen-bond donors (Lipinski definition) is 4. The third-order valence-corrected chi connectivity index (χ3v) is 6.17.